The molecule has 1 aliphatic heterocycles. The number of hydrogen-bond acceptors (Lipinski definition) is 1. The zero-order chi connectivity index (χ0) is 12.3. The molecule has 1 atom stereocenters. The van der Waals surface area contributed by atoms with Gasteiger partial charge in [-0.1, -0.05) is 41.4 Å². The fraction of sp³-hybridized carbons (Fsp3) is 0.500. The van der Waals surface area contributed by atoms with Gasteiger partial charge in [-0.3, -0.25) is 4.79 Å². The fourth-order valence-electron chi connectivity index (χ4n) is 2.37. The third-order valence-electron chi connectivity index (χ3n) is 3.34. The lowest BCUT2D eigenvalue weighted by molar-refractivity contribution is -0.129. The lowest BCUT2D eigenvalue weighted by Crippen LogP contribution is -2.28. The Morgan fingerprint density at radius 2 is 2.06 bits per heavy atom. The van der Waals surface area contributed by atoms with E-state index >= 15 is 0 Å². The Balaban J connectivity index is 2.13. The van der Waals surface area contributed by atoms with Crippen LogP contribution in [-0.2, 0) is 4.79 Å². The summed E-state index contributed by atoms with van der Waals surface area (Å²) in [5.74, 6) is 0.311. The van der Waals surface area contributed by atoms with Gasteiger partial charge in [0, 0.05) is 17.4 Å². The highest BCUT2D eigenvalue weighted by Gasteiger charge is 2.31. The maximum absolute atomic E-state index is 11.8. The van der Waals surface area contributed by atoms with Gasteiger partial charge in [-0.25, -0.2) is 0 Å². The van der Waals surface area contributed by atoms with Gasteiger partial charge in [-0.05, 0) is 30.5 Å². The lowest BCUT2D eigenvalue weighted by atomic mass is 10.0. The summed E-state index contributed by atoms with van der Waals surface area (Å²) in [7, 11) is 0. The molecule has 0 spiro atoms. The second-order valence-corrected chi connectivity index (χ2v) is 5.46. The third-order valence-corrected chi connectivity index (χ3v) is 3.86. The van der Waals surface area contributed by atoms with Crippen LogP contribution < -0.4 is 0 Å². The van der Waals surface area contributed by atoms with Crippen LogP contribution in [0.2, 0.25) is 0 Å². The number of rotatable bonds is 4. The number of likely N-dealkylation sites (tertiary alicyclic amines) is 1. The first-order chi connectivity index (χ1) is 8.22. The minimum Gasteiger partial charge on any atom is -0.336 e. The molecule has 0 saturated carbocycles. The maximum atomic E-state index is 11.8. The summed E-state index contributed by atoms with van der Waals surface area (Å²) in [5.41, 5.74) is 1.26. The molecule has 0 aliphatic carbocycles. The first-order valence-electron chi connectivity index (χ1n) is 6.27. The summed E-state index contributed by atoms with van der Waals surface area (Å²) >= 11 is 3.44. The molecule has 1 aliphatic rings. The van der Waals surface area contributed by atoms with E-state index in [1.807, 2.05) is 4.90 Å². The predicted octanol–water partition coefficient (Wildman–Crippen LogP) is 3.91. The van der Waals surface area contributed by atoms with Gasteiger partial charge in [-0.2, -0.15) is 0 Å². The van der Waals surface area contributed by atoms with Crippen molar-refractivity contribution in [3.8, 4) is 0 Å². The van der Waals surface area contributed by atoms with Crippen molar-refractivity contribution in [3.05, 3.63) is 34.3 Å². The number of amides is 1. The molecular formula is C14H18BrNO. The van der Waals surface area contributed by atoms with Crippen LogP contribution in [0.1, 0.15) is 44.2 Å². The van der Waals surface area contributed by atoms with E-state index in [0.29, 0.717) is 18.4 Å². The number of benzene rings is 1. The topological polar surface area (TPSA) is 20.3 Å². The molecule has 2 rings (SSSR count). The highest BCUT2D eigenvalue weighted by molar-refractivity contribution is 9.10. The van der Waals surface area contributed by atoms with Gasteiger partial charge in [0.25, 0.3) is 0 Å². The second-order valence-electron chi connectivity index (χ2n) is 4.55. The van der Waals surface area contributed by atoms with E-state index < -0.39 is 0 Å². The number of halogens is 1. The van der Waals surface area contributed by atoms with Crippen LogP contribution in [0.3, 0.4) is 0 Å². The molecule has 0 unspecified atom stereocenters. The molecule has 92 valence electrons. The van der Waals surface area contributed by atoms with E-state index in [-0.39, 0.29) is 0 Å². The van der Waals surface area contributed by atoms with Gasteiger partial charge < -0.3 is 4.90 Å². The summed E-state index contributed by atoms with van der Waals surface area (Å²) in [5, 5.41) is 0. The van der Waals surface area contributed by atoms with Crippen LogP contribution in [0.15, 0.2) is 28.7 Å². The Morgan fingerprint density at radius 3 is 2.71 bits per heavy atom. The van der Waals surface area contributed by atoms with E-state index in [9.17, 15) is 4.79 Å². The number of carbonyl (C=O) groups is 1. The zero-order valence-electron chi connectivity index (χ0n) is 10.2. The van der Waals surface area contributed by atoms with Crippen molar-refractivity contribution in [1.29, 1.82) is 0 Å². The Labute approximate surface area is 111 Å². The van der Waals surface area contributed by atoms with Crippen molar-refractivity contribution in [3.63, 3.8) is 0 Å². The minimum absolute atomic E-state index is 0.294. The Hall–Kier alpha value is -0.830. The first kappa shape index (κ1) is 12.6. The Morgan fingerprint density at radius 1 is 1.35 bits per heavy atom. The molecule has 1 fully saturated rings. The Bertz CT molecular complexity index is 388. The van der Waals surface area contributed by atoms with Crippen LogP contribution in [0, 0.1) is 0 Å². The monoisotopic (exact) mass is 295 g/mol. The Kier molecular flexibility index (Phi) is 4.21. The molecule has 0 N–H and O–H groups in total. The number of hydrogen-bond donors (Lipinski definition) is 0. The van der Waals surface area contributed by atoms with E-state index in [1.54, 1.807) is 0 Å². The van der Waals surface area contributed by atoms with Crippen molar-refractivity contribution in [2.75, 3.05) is 6.54 Å². The SMILES string of the molecule is CCCCN1C(=O)CC[C@@H]1c1ccc(Br)cc1. The largest absolute Gasteiger partial charge is 0.336 e. The zero-order valence-corrected chi connectivity index (χ0v) is 11.7. The molecule has 0 radical (unpaired) electrons. The van der Waals surface area contributed by atoms with Crippen LogP contribution in [-0.4, -0.2) is 17.4 Å². The fourth-order valence-corrected chi connectivity index (χ4v) is 2.64. The highest BCUT2D eigenvalue weighted by atomic mass is 79.9. The molecule has 1 aromatic carbocycles. The smallest absolute Gasteiger partial charge is 0.223 e. The van der Waals surface area contributed by atoms with Crippen molar-refractivity contribution in [2.45, 2.75) is 38.6 Å². The van der Waals surface area contributed by atoms with E-state index in [4.69, 9.17) is 0 Å². The minimum atomic E-state index is 0.294. The molecule has 3 heteroatoms. The van der Waals surface area contributed by atoms with Crippen molar-refractivity contribution in [1.82, 2.24) is 4.90 Å². The van der Waals surface area contributed by atoms with E-state index in [2.05, 4.69) is 47.1 Å². The van der Waals surface area contributed by atoms with Crippen molar-refractivity contribution >= 4 is 21.8 Å². The standard InChI is InChI=1S/C14H18BrNO/c1-2-3-10-16-13(8-9-14(16)17)11-4-6-12(15)7-5-11/h4-7,13H,2-3,8-10H2,1H3/t13-/m1/s1. The van der Waals surface area contributed by atoms with E-state index in [1.165, 1.54) is 5.56 Å². The maximum Gasteiger partial charge on any atom is 0.223 e. The van der Waals surface area contributed by atoms with Gasteiger partial charge >= 0.3 is 0 Å². The first-order valence-corrected chi connectivity index (χ1v) is 7.06. The number of carbonyl (C=O) groups excluding carboxylic acids is 1. The van der Waals surface area contributed by atoms with E-state index in [0.717, 1.165) is 30.3 Å². The molecule has 1 saturated heterocycles. The molecule has 2 nitrogen and oxygen atoms in total. The van der Waals surface area contributed by atoms with Gasteiger partial charge in [-0.15, -0.1) is 0 Å². The predicted molar refractivity (Wildman–Crippen MR) is 72.7 cm³/mol. The van der Waals surface area contributed by atoms with Crippen molar-refractivity contribution < 1.29 is 4.79 Å². The van der Waals surface area contributed by atoms with Crippen LogP contribution in [0.5, 0.6) is 0 Å². The van der Waals surface area contributed by atoms with Crippen LogP contribution in [0.4, 0.5) is 0 Å². The molecule has 1 amide bonds. The van der Waals surface area contributed by atoms with Crippen LogP contribution >= 0.6 is 15.9 Å². The summed E-state index contributed by atoms with van der Waals surface area (Å²) in [6.45, 7) is 3.06. The summed E-state index contributed by atoms with van der Waals surface area (Å²) in [6, 6.07) is 8.63. The average Bonchev–Trinajstić information content (AvgIpc) is 2.69. The summed E-state index contributed by atoms with van der Waals surface area (Å²) < 4.78 is 1.09. The van der Waals surface area contributed by atoms with Gasteiger partial charge in [0.15, 0.2) is 0 Å². The second kappa shape index (κ2) is 5.67. The molecule has 0 aromatic heterocycles. The van der Waals surface area contributed by atoms with Crippen molar-refractivity contribution in [2.24, 2.45) is 0 Å². The lowest BCUT2D eigenvalue weighted by Gasteiger charge is -2.25. The molecular weight excluding hydrogens is 278 g/mol. The third kappa shape index (κ3) is 2.89. The number of nitrogens with zero attached hydrogens (tertiary/aromatic N) is 1. The van der Waals surface area contributed by atoms with Crippen LogP contribution in [0.25, 0.3) is 0 Å². The molecule has 17 heavy (non-hydrogen) atoms. The van der Waals surface area contributed by atoms with Gasteiger partial charge in [0.1, 0.15) is 0 Å². The summed E-state index contributed by atoms with van der Waals surface area (Å²) in [6.07, 6.45) is 3.89. The number of unbranched alkanes of at least 4 members (excludes halogenated alkanes) is 1. The summed E-state index contributed by atoms with van der Waals surface area (Å²) in [4.78, 5) is 13.9. The molecule has 0 bridgehead atoms. The van der Waals surface area contributed by atoms with Gasteiger partial charge in [0.05, 0.1) is 6.04 Å². The quantitative estimate of drug-likeness (QED) is 0.825. The molecule has 1 aromatic rings. The average molecular weight is 296 g/mol. The highest BCUT2D eigenvalue weighted by Crippen LogP contribution is 2.33. The normalized spacial score (nSPS) is 20.0. The van der Waals surface area contributed by atoms with Gasteiger partial charge in [0.2, 0.25) is 5.91 Å². The molecule has 1 heterocycles.